The molecule has 0 aliphatic heterocycles. The molecule has 0 aliphatic carbocycles. The van der Waals surface area contributed by atoms with Gasteiger partial charge in [-0.2, -0.15) is 0 Å². The lowest BCUT2D eigenvalue weighted by atomic mass is 10.0. The Morgan fingerprint density at radius 2 is 0.625 bits per heavy atom. The van der Waals surface area contributed by atoms with Crippen LogP contribution in [0.1, 0.15) is 161 Å². The van der Waals surface area contributed by atoms with Gasteiger partial charge in [-0.25, -0.2) is 0 Å². The second kappa shape index (κ2) is 25.5. The third-order valence-corrected chi connectivity index (χ3v) is 7.29. The summed E-state index contributed by atoms with van der Waals surface area (Å²) in [5.74, 6) is 0. The largest absolute Gasteiger partial charge is 0.396 e. The van der Waals surface area contributed by atoms with Crippen LogP contribution in [0.4, 0.5) is 0 Å². The normalized spacial score (nSPS) is 12.0. The molecule has 32 heavy (non-hydrogen) atoms. The average Bonchev–Trinajstić information content (AvgIpc) is 2.77. The molecule has 0 bridgehead atoms. The first-order valence-corrected chi connectivity index (χ1v) is 15.1. The van der Waals surface area contributed by atoms with Crippen molar-refractivity contribution in [1.82, 2.24) is 0 Å². The fourth-order valence-electron chi connectivity index (χ4n) is 4.91. The number of rotatable bonds is 27. The lowest BCUT2D eigenvalue weighted by Crippen LogP contribution is -2.41. The molecular weight excluding hydrogens is 390 g/mol. The molecule has 0 aliphatic rings. The molecule has 0 rings (SSSR count). The van der Waals surface area contributed by atoms with E-state index in [0.29, 0.717) is 6.61 Å². The summed E-state index contributed by atoms with van der Waals surface area (Å²) in [7, 11) is 4.89. The van der Waals surface area contributed by atoms with Crippen LogP contribution in [-0.4, -0.2) is 43.4 Å². The van der Waals surface area contributed by atoms with Gasteiger partial charge in [0.15, 0.2) is 0 Å². The SMILES string of the molecule is CCCCCCCCCCCC[N+](C)(C)CCCCCCCCCCCCCCCCO. The molecule has 194 valence electrons. The lowest BCUT2D eigenvalue weighted by Gasteiger charge is -2.30. The minimum absolute atomic E-state index is 0.371. The zero-order valence-corrected chi connectivity index (χ0v) is 23.0. The summed E-state index contributed by atoms with van der Waals surface area (Å²) in [6.45, 7) is 5.42. The Balaban J connectivity index is 3.27. The molecule has 0 atom stereocenters. The summed E-state index contributed by atoms with van der Waals surface area (Å²) in [5, 5.41) is 8.78. The molecule has 0 aromatic carbocycles. The van der Waals surface area contributed by atoms with E-state index in [1.54, 1.807) is 0 Å². The van der Waals surface area contributed by atoms with Gasteiger partial charge in [-0.3, -0.25) is 0 Å². The standard InChI is InChI=1S/C30H64NO/c1-4-5-6-7-8-9-16-19-22-25-28-31(2,3)29-26-23-20-17-14-12-10-11-13-15-18-21-24-27-30-32/h32H,4-30H2,1-3H3/q+1. The van der Waals surface area contributed by atoms with Crippen LogP contribution in [0, 0.1) is 0 Å². The Hall–Kier alpha value is -0.0800. The molecule has 2 heteroatoms. The monoisotopic (exact) mass is 454 g/mol. The molecule has 0 aromatic heterocycles. The van der Waals surface area contributed by atoms with E-state index in [1.807, 2.05) is 0 Å². The number of aliphatic hydroxyl groups is 1. The maximum Gasteiger partial charge on any atom is 0.0782 e. The predicted molar refractivity (Wildman–Crippen MR) is 145 cm³/mol. The van der Waals surface area contributed by atoms with E-state index < -0.39 is 0 Å². The number of quaternary nitrogens is 1. The molecule has 0 heterocycles. The third kappa shape index (κ3) is 26.2. The molecule has 0 saturated carbocycles. The van der Waals surface area contributed by atoms with E-state index in [0.717, 1.165) is 6.42 Å². The van der Waals surface area contributed by atoms with Crippen LogP contribution < -0.4 is 0 Å². The molecule has 0 saturated heterocycles. The van der Waals surface area contributed by atoms with E-state index >= 15 is 0 Å². The molecule has 2 nitrogen and oxygen atoms in total. The minimum atomic E-state index is 0.371. The first-order valence-electron chi connectivity index (χ1n) is 15.1. The van der Waals surface area contributed by atoms with Crippen molar-refractivity contribution in [3.8, 4) is 0 Å². The van der Waals surface area contributed by atoms with Gasteiger partial charge in [-0.05, 0) is 32.1 Å². The van der Waals surface area contributed by atoms with Crippen LogP contribution in [0.5, 0.6) is 0 Å². The van der Waals surface area contributed by atoms with Crippen LogP contribution in [-0.2, 0) is 0 Å². The first kappa shape index (κ1) is 31.9. The molecule has 1 N–H and O–H groups in total. The molecule has 0 spiro atoms. The Kier molecular flexibility index (Phi) is 25.5. The maximum atomic E-state index is 8.78. The predicted octanol–water partition coefficient (Wildman–Crippen LogP) is 9.44. The quantitative estimate of drug-likeness (QED) is 0.0967. The highest BCUT2D eigenvalue weighted by Crippen LogP contribution is 2.15. The molecular formula is C30H64NO+. The van der Waals surface area contributed by atoms with E-state index in [1.165, 1.54) is 165 Å². The molecule has 0 unspecified atom stereocenters. The highest BCUT2D eigenvalue weighted by Gasteiger charge is 2.13. The number of hydrogen-bond acceptors (Lipinski definition) is 1. The Morgan fingerprint density at radius 1 is 0.375 bits per heavy atom. The van der Waals surface area contributed by atoms with Gasteiger partial charge in [-0.1, -0.05) is 129 Å². The van der Waals surface area contributed by atoms with Crippen molar-refractivity contribution in [2.45, 2.75) is 161 Å². The smallest absolute Gasteiger partial charge is 0.0782 e. The Labute approximate surface area is 204 Å². The lowest BCUT2D eigenvalue weighted by molar-refractivity contribution is -0.890. The van der Waals surface area contributed by atoms with Gasteiger partial charge in [0, 0.05) is 6.61 Å². The van der Waals surface area contributed by atoms with Crippen molar-refractivity contribution in [2.75, 3.05) is 33.8 Å². The van der Waals surface area contributed by atoms with Crippen LogP contribution in [0.2, 0.25) is 0 Å². The first-order chi connectivity index (χ1) is 15.6. The Bertz CT molecular complexity index is 342. The number of unbranched alkanes of at least 4 members (excludes halogenated alkanes) is 22. The second-order valence-electron chi connectivity index (χ2n) is 11.2. The Morgan fingerprint density at radius 3 is 0.906 bits per heavy atom. The topological polar surface area (TPSA) is 20.2 Å². The van der Waals surface area contributed by atoms with Gasteiger partial charge in [0.1, 0.15) is 0 Å². The fourth-order valence-corrected chi connectivity index (χ4v) is 4.91. The summed E-state index contributed by atoms with van der Waals surface area (Å²) in [6, 6.07) is 0. The van der Waals surface area contributed by atoms with Crippen molar-refractivity contribution < 1.29 is 9.59 Å². The highest BCUT2D eigenvalue weighted by atomic mass is 16.2. The number of hydrogen-bond donors (Lipinski definition) is 1. The number of nitrogens with zero attached hydrogens (tertiary/aromatic N) is 1. The van der Waals surface area contributed by atoms with Crippen molar-refractivity contribution in [3.05, 3.63) is 0 Å². The van der Waals surface area contributed by atoms with E-state index in [-0.39, 0.29) is 0 Å². The summed E-state index contributed by atoms with van der Waals surface area (Å²) < 4.78 is 1.23. The van der Waals surface area contributed by atoms with Gasteiger partial charge >= 0.3 is 0 Å². The van der Waals surface area contributed by atoms with Crippen molar-refractivity contribution >= 4 is 0 Å². The van der Waals surface area contributed by atoms with Gasteiger partial charge < -0.3 is 9.59 Å². The summed E-state index contributed by atoms with van der Waals surface area (Å²) in [4.78, 5) is 0. The van der Waals surface area contributed by atoms with E-state index in [9.17, 15) is 0 Å². The molecule has 0 radical (unpaired) electrons. The fraction of sp³-hybridized carbons (Fsp3) is 1.00. The van der Waals surface area contributed by atoms with Gasteiger partial charge in [-0.15, -0.1) is 0 Å². The van der Waals surface area contributed by atoms with Gasteiger partial charge in [0.2, 0.25) is 0 Å². The molecule has 0 fully saturated rings. The molecule has 0 amide bonds. The summed E-state index contributed by atoms with van der Waals surface area (Å²) in [6.07, 6.45) is 33.7. The van der Waals surface area contributed by atoms with Gasteiger partial charge in [0.25, 0.3) is 0 Å². The zero-order valence-electron chi connectivity index (χ0n) is 23.0. The van der Waals surface area contributed by atoms with E-state index in [2.05, 4.69) is 21.0 Å². The van der Waals surface area contributed by atoms with Crippen LogP contribution >= 0.6 is 0 Å². The second-order valence-corrected chi connectivity index (χ2v) is 11.2. The minimum Gasteiger partial charge on any atom is -0.396 e. The van der Waals surface area contributed by atoms with Crippen LogP contribution in [0.25, 0.3) is 0 Å². The van der Waals surface area contributed by atoms with Crippen LogP contribution in [0.15, 0.2) is 0 Å². The zero-order chi connectivity index (χ0) is 23.6. The molecule has 0 aromatic rings. The third-order valence-electron chi connectivity index (χ3n) is 7.29. The van der Waals surface area contributed by atoms with Gasteiger partial charge in [0.05, 0.1) is 27.2 Å². The van der Waals surface area contributed by atoms with Crippen molar-refractivity contribution in [1.29, 1.82) is 0 Å². The van der Waals surface area contributed by atoms with Crippen molar-refractivity contribution in [2.24, 2.45) is 0 Å². The van der Waals surface area contributed by atoms with Crippen LogP contribution in [0.3, 0.4) is 0 Å². The summed E-state index contributed by atoms with van der Waals surface area (Å²) >= 11 is 0. The highest BCUT2D eigenvalue weighted by molar-refractivity contribution is 4.51. The average molecular weight is 455 g/mol. The number of aliphatic hydroxyl groups excluding tert-OH is 1. The van der Waals surface area contributed by atoms with Crippen molar-refractivity contribution in [3.63, 3.8) is 0 Å². The maximum absolute atomic E-state index is 8.78. The summed E-state index contributed by atoms with van der Waals surface area (Å²) in [5.41, 5.74) is 0. The van der Waals surface area contributed by atoms with E-state index in [4.69, 9.17) is 5.11 Å².